The van der Waals surface area contributed by atoms with Crippen molar-refractivity contribution in [2.75, 3.05) is 19.5 Å². The number of benzene rings is 2. The molecule has 1 unspecified atom stereocenters. The lowest BCUT2D eigenvalue weighted by atomic mass is 9.99. The monoisotopic (exact) mass is 373 g/mol. The van der Waals surface area contributed by atoms with Gasteiger partial charge in [0, 0.05) is 22.7 Å². The fourth-order valence-corrected chi connectivity index (χ4v) is 3.59. The molecule has 0 radical (unpaired) electrons. The van der Waals surface area contributed by atoms with Gasteiger partial charge in [0.25, 0.3) is 0 Å². The van der Waals surface area contributed by atoms with E-state index in [0.29, 0.717) is 17.2 Å². The molecule has 0 amide bonds. The lowest BCUT2D eigenvalue weighted by Gasteiger charge is -2.13. The minimum Gasteiger partial charge on any atom is -0.493 e. The fourth-order valence-electron chi connectivity index (χ4n) is 3.40. The van der Waals surface area contributed by atoms with Crippen molar-refractivity contribution in [2.45, 2.75) is 12.8 Å². The van der Waals surface area contributed by atoms with E-state index in [0.717, 1.165) is 28.2 Å². The Balaban J connectivity index is 1.75. The lowest BCUT2D eigenvalue weighted by Crippen LogP contribution is -1.99. The van der Waals surface area contributed by atoms with Crippen LogP contribution < -0.4 is 14.8 Å². The number of H-pyrrole nitrogens is 1. The second-order valence-corrected chi connectivity index (χ2v) is 6.54. The summed E-state index contributed by atoms with van der Waals surface area (Å²) in [5.41, 5.74) is 4.71. The van der Waals surface area contributed by atoms with Crippen LogP contribution in [0.25, 0.3) is 11.3 Å². The van der Waals surface area contributed by atoms with Gasteiger partial charge < -0.3 is 14.8 Å². The molecule has 0 bridgehead atoms. The third-order valence-electron chi connectivity index (χ3n) is 4.70. The second kappa shape index (κ2) is 6.21. The Bertz CT molecular complexity index is 1000. The summed E-state index contributed by atoms with van der Waals surface area (Å²) >= 11 is 5.87. The number of anilines is 2. The minimum absolute atomic E-state index is 0.0666. The largest absolute Gasteiger partial charge is 0.493 e. The number of hydrogen-bond donors (Lipinski definition) is 2. The van der Waals surface area contributed by atoms with Gasteiger partial charge >= 0.3 is 0 Å². The van der Waals surface area contributed by atoms with E-state index in [2.05, 4.69) is 22.4 Å². The van der Waals surface area contributed by atoms with Crippen LogP contribution in [0.5, 0.6) is 11.5 Å². The Morgan fingerprint density at radius 3 is 2.58 bits per heavy atom. The van der Waals surface area contributed by atoms with Crippen LogP contribution in [0.4, 0.5) is 15.9 Å². The molecule has 2 N–H and O–H groups in total. The van der Waals surface area contributed by atoms with Crippen LogP contribution in [0.15, 0.2) is 30.3 Å². The molecule has 26 heavy (non-hydrogen) atoms. The molecule has 7 heteroatoms. The maximum atomic E-state index is 13.4. The molecule has 0 saturated heterocycles. The Kier molecular flexibility index (Phi) is 4.00. The first-order chi connectivity index (χ1) is 12.5. The average Bonchev–Trinajstić information content (AvgIpc) is 3.17. The van der Waals surface area contributed by atoms with Gasteiger partial charge in [0.2, 0.25) is 0 Å². The molecule has 1 aromatic heterocycles. The first-order valence-electron chi connectivity index (χ1n) is 8.10. The maximum absolute atomic E-state index is 13.4. The summed E-state index contributed by atoms with van der Waals surface area (Å²) < 4.78 is 24.2. The van der Waals surface area contributed by atoms with Gasteiger partial charge in [-0.2, -0.15) is 5.10 Å². The number of aromatic amines is 1. The van der Waals surface area contributed by atoms with E-state index >= 15 is 0 Å². The van der Waals surface area contributed by atoms with Crippen LogP contribution in [0.2, 0.25) is 5.02 Å². The summed E-state index contributed by atoms with van der Waals surface area (Å²) in [6.45, 7) is 2.11. The summed E-state index contributed by atoms with van der Waals surface area (Å²) in [6.07, 6.45) is 0. The first kappa shape index (κ1) is 16.7. The molecular formula is C19H17ClFN3O2. The first-order valence-corrected chi connectivity index (χ1v) is 8.48. The predicted octanol–water partition coefficient (Wildman–Crippen LogP) is 5.10. The molecule has 5 nitrogen and oxygen atoms in total. The van der Waals surface area contributed by atoms with Crippen molar-refractivity contribution in [2.24, 2.45) is 0 Å². The molecule has 1 atom stereocenters. The van der Waals surface area contributed by atoms with Crippen LogP contribution >= 0.6 is 11.6 Å². The zero-order chi connectivity index (χ0) is 18.4. The van der Waals surface area contributed by atoms with E-state index < -0.39 is 5.82 Å². The third kappa shape index (κ3) is 2.49. The Labute approximate surface area is 155 Å². The molecular weight excluding hydrogens is 357 g/mol. The highest BCUT2D eigenvalue weighted by atomic mass is 35.5. The van der Waals surface area contributed by atoms with E-state index in [1.54, 1.807) is 26.4 Å². The van der Waals surface area contributed by atoms with Gasteiger partial charge in [0.1, 0.15) is 11.6 Å². The Morgan fingerprint density at radius 1 is 1.15 bits per heavy atom. The van der Waals surface area contributed by atoms with Crippen molar-refractivity contribution in [1.82, 2.24) is 10.2 Å². The third-order valence-corrected chi connectivity index (χ3v) is 4.99. The van der Waals surface area contributed by atoms with E-state index in [-0.39, 0.29) is 10.9 Å². The van der Waals surface area contributed by atoms with Gasteiger partial charge in [-0.3, -0.25) is 5.10 Å². The van der Waals surface area contributed by atoms with Gasteiger partial charge in [-0.15, -0.1) is 0 Å². The van der Waals surface area contributed by atoms with Crippen molar-refractivity contribution in [3.05, 3.63) is 52.3 Å². The van der Waals surface area contributed by atoms with Gasteiger partial charge in [-0.25, -0.2) is 4.39 Å². The topological polar surface area (TPSA) is 59.2 Å². The van der Waals surface area contributed by atoms with Crippen molar-refractivity contribution < 1.29 is 13.9 Å². The molecule has 3 aromatic rings. The van der Waals surface area contributed by atoms with Crippen LogP contribution in [-0.2, 0) is 0 Å². The van der Waals surface area contributed by atoms with Gasteiger partial charge in [-0.05, 0) is 35.9 Å². The summed E-state index contributed by atoms with van der Waals surface area (Å²) in [5, 5.41) is 10.8. The number of halogens is 2. The van der Waals surface area contributed by atoms with Gasteiger partial charge in [-0.1, -0.05) is 18.5 Å². The summed E-state index contributed by atoms with van der Waals surface area (Å²) in [4.78, 5) is 0. The zero-order valence-electron chi connectivity index (χ0n) is 14.5. The Morgan fingerprint density at radius 2 is 1.88 bits per heavy atom. The quantitative estimate of drug-likeness (QED) is 0.668. The van der Waals surface area contributed by atoms with Gasteiger partial charge in [0.15, 0.2) is 11.5 Å². The zero-order valence-corrected chi connectivity index (χ0v) is 15.2. The van der Waals surface area contributed by atoms with Crippen molar-refractivity contribution in [1.29, 1.82) is 0 Å². The molecule has 4 rings (SSSR count). The number of hydrogen-bond acceptors (Lipinski definition) is 4. The summed E-state index contributed by atoms with van der Waals surface area (Å²) in [6, 6.07) is 8.43. The lowest BCUT2D eigenvalue weighted by molar-refractivity contribution is 0.354. The highest BCUT2D eigenvalue weighted by Gasteiger charge is 2.33. The number of methoxy groups -OCH3 is 2. The number of fused-ring (bicyclic) bond motifs is 3. The molecule has 1 heterocycles. The highest BCUT2D eigenvalue weighted by molar-refractivity contribution is 6.31. The van der Waals surface area contributed by atoms with E-state index in [9.17, 15) is 4.39 Å². The maximum Gasteiger partial charge on any atom is 0.161 e. The van der Waals surface area contributed by atoms with E-state index in [1.807, 2.05) is 12.1 Å². The van der Waals surface area contributed by atoms with Crippen LogP contribution in [0, 0.1) is 5.82 Å². The average molecular weight is 374 g/mol. The van der Waals surface area contributed by atoms with Gasteiger partial charge in [0.05, 0.1) is 24.9 Å². The van der Waals surface area contributed by atoms with Crippen molar-refractivity contribution >= 4 is 23.1 Å². The molecule has 1 aliphatic carbocycles. The highest BCUT2D eigenvalue weighted by Crippen LogP contribution is 2.50. The normalized spacial score (nSPS) is 14.7. The smallest absolute Gasteiger partial charge is 0.161 e. The van der Waals surface area contributed by atoms with E-state index in [4.69, 9.17) is 21.1 Å². The molecule has 0 spiro atoms. The minimum atomic E-state index is -0.452. The number of nitrogens with zero attached hydrogens (tertiary/aromatic N) is 1. The van der Waals surface area contributed by atoms with Crippen LogP contribution in [0.1, 0.15) is 24.0 Å². The van der Waals surface area contributed by atoms with Crippen LogP contribution in [-0.4, -0.2) is 24.4 Å². The van der Waals surface area contributed by atoms with Crippen LogP contribution in [0.3, 0.4) is 0 Å². The standard InChI is InChI=1S/C19H17ClFN3O2/c1-9-11-7-15(25-2)16(26-3)8-12(11)18-17(9)19(24-23-18)22-10-4-5-14(21)13(20)6-10/h4-9H,1-3H3,(H2,22,23,24). The molecule has 0 aliphatic heterocycles. The second-order valence-electron chi connectivity index (χ2n) is 6.13. The summed E-state index contributed by atoms with van der Waals surface area (Å²) in [7, 11) is 3.23. The predicted molar refractivity (Wildman–Crippen MR) is 99.3 cm³/mol. The van der Waals surface area contributed by atoms with E-state index in [1.165, 1.54) is 6.07 Å². The SMILES string of the molecule is COc1cc2c(cc1OC)C(C)c1c-2n[nH]c1Nc1ccc(F)c(Cl)c1. The Hall–Kier alpha value is -2.73. The molecule has 0 saturated carbocycles. The fraction of sp³-hybridized carbons (Fsp3) is 0.211. The van der Waals surface area contributed by atoms with Crippen molar-refractivity contribution in [3.63, 3.8) is 0 Å². The number of ether oxygens (including phenoxy) is 2. The summed E-state index contributed by atoms with van der Waals surface area (Å²) in [5.74, 6) is 1.76. The number of nitrogens with one attached hydrogen (secondary N) is 2. The number of rotatable bonds is 4. The van der Waals surface area contributed by atoms with Crippen molar-refractivity contribution in [3.8, 4) is 22.8 Å². The molecule has 134 valence electrons. The molecule has 2 aromatic carbocycles. The molecule has 0 fully saturated rings. The number of aromatic nitrogens is 2. The molecule has 1 aliphatic rings.